The van der Waals surface area contributed by atoms with Crippen molar-refractivity contribution in [3.8, 4) is 0 Å². The van der Waals surface area contributed by atoms with E-state index in [1.165, 1.54) is 0 Å². The van der Waals surface area contributed by atoms with Crippen LogP contribution in [0.25, 0.3) is 0 Å². The fourth-order valence-electron chi connectivity index (χ4n) is 1.47. The van der Waals surface area contributed by atoms with Gasteiger partial charge in [-0.2, -0.15) is 5.10 Å². The van der Waals surface area contributed by atoms with Gasteiger partial charge in [-0.3, -0.25) is 9.48 Å². The Morgan fingerprint density at radius 3 is 2.88 bits per heavy atom. The lowest BCUT2D eigenvalue weighted by molar-refractivity contribution is -0.144. The minimum absolute atomic E-state index is 0.514. The highest BCUT2D eigenvalue weighted by atomic mass is 127. The number of hydrogen-bond acceptors (Lipinski definition) is 3. The number of carbonyl (C=O) groups is 1. The molecule has 0 spiro atoms. The van der Waals surface area contributed by atoms with E-state index in [9.17, 15) is 9.90 Å². The zero-order chi connectivity index (χ0) is 12.9. The molecule has 1 rings (SSSR count). The number of nitrogens with zero attached hydrogens (tertiary/aromatic N) is 2. The molecule has 2 N–H and O–H groups in total. The van der Waals surface area contributed by atoms with Crippen LogP contribution in [0.5, 0.6) is 0 Å². The zero-order valence-corrected chi connectivity index (χ0v) is 12.3. The quantitative estimate of drug-likeness (QED) is 0.735. The number of aryl methyl sites for hydroxylation is 1. The van der Waals surface area contributed by atoms with Crippen molar-refractivity contribution in [2.24, 2.45) is 0 Å². The molecule has 0 aliphatic carbocycles. The van der Waals surface area contributed by atoms with E-state index in [2.05, 4.69) is 33.0 Å². The monoisotopic (exact) mass is 351 g/mol. The maximum Gasteiger partial charge on any atom is 0.323 e. The van der Waals surface area contributed by atoms with Gasteiger partial charge >= 0.3 is 5.97 Å². The smallest absolute Gasteiger partial charge is 0.323 e. The second-order valence-electron chi connectivity index (χ2n) is 4.24. The van der Waals surface area contributed by atoms with Crippen molar-refractivity contribution in [2.45, 2.75) is 38.8 Å². The number of rotatable bonds is 7. The van der Waals surface area contributed by atoms with Crippen LogP contribution in [0.2, 0.25) is 0 Å². The molecule has 1 aromatic rings. The van der Waals surface area contributed by atoms with Gasteiger partial charge in [0.15, 0.2) is 0 Å². The minimum atomic E-state index is -0.882. The Morgan fingerprint density at radius 2 is 2.41 bits per heavy atom. The van der Waals surface area contributed by atoms with E-state index >= 15 is 0 Å². The van der Waals surface area contributed by atoms with Gasteiger partial charge in [0, 0.05) is 12.7 Å². The lowest BCUT2D eigenvalue weighted by Gasteiger charge is -2.26. The summed E-state index contributed by atoms with van der Waals surface area (Å²) in [5, 5.41) is 16.5. The molecule has 0 aliphatic heterocycles. The van der Waals surface area contributed by atoms with Crippen LogP contribution >= 0.6 is 22.6 Å². The first-order chi connectivity index (χ1) is 7.98. The average molecular weight is 351 g/mol. The summed E-state index contributed by atoms with van der Waals surface area (Å²) >= 11 is 2.18. The van der Waals surface area contributed by atoms with Gasteiger partial charge in [0.2, 0.25) is 0 Å². The van der Waals surface area contributed by atoms with Crippen LogP contribution in [0.1, 0.15) is 26.7 Å². The van der Waals surface area contributed by atoms with E-state index in [1.54, 1.807) is 17.8 Å². The summed E-state index contributed by atoms with van der Waals surface area (Å²) in [6, 6.07) is 0. The van der Waals surface area contributed by atoms with Crippen molar-refractivity contribution in [1.82, 2.24) is 15.1 Å². The topological polar surface area (TPSA) is 67.2 Å². The van der Waals surface area contributed by atoms with Gasteiger partial charge in [-0.05, 0) is 48.9 Å². The van der Waals surface area contributed by atoms with E-state index in [0.29, 0.717) is 19.5 Å². The highest BCUT2D eigenvalue weighted by molar-refractivity contribution is 14.1. The molecular weight excluding hydrogens is 333 g/mol. The number of hydrogen-bond donors (Lipinski definition) is 2. The Bertz CT molecular complexity index is 381. The molecule has 1 aromatic heterocycles. The number of halogens is 1. The Hall–Kier alpha value is -0.630. The fourth-order valence-corrected chi connectivity index (χ4v) is 1.92. The molecule has 5 nitrogen and oxygen atoms in total. The molecule has 1 atom stereocenters. The molecule has 0 saturated carbocycles. The van der Waals surface area contributed by atoms with Gasteiger partial charge in [-0.1, -0.05) is 6.92 Å². The Balaban J connectivity index is 2.58. The highest BCUT2D eigenvalue weighted by Crippen LogP contribution is 2.12. The highest BCUT2D eigenvalue weighted by Gasteiger charge is 2.31. The summed E-state index contributed by atoms with van der Waals surface area (Å²) in [7, 11) is 0. The predicted octanol–water partition coefficient (Wildman–Crippen LogP) is 1.72. The van der Waals surface area contributed by atoms with Crippen LogP contribution in [0.3, 0.4) is 0 Å². The molecule has 6 heteroatoms. The molecular formula is C11H18IN3O2. The summed E-state index contributed by atoms with van der Waals surface area (Å²) < 4.78 is 2.83. The third-order valence-corrected chi connectivity index (χ3v) is 3.24. The third-order valence-electron chi connectivity index (χ3n) is 2.68. The Labute approximate surface area is 115 Å². The number of aliphatic carboxylic acids is 1. The van der Waals surface area contributed by atoms with Crippen LogP contribution < -0.4 is 5.32 Å². The number of nitrogens with one attached hydrogen (secondary N) is 1. The molecule has 96 valence electrons. The lowest BCUT2D eigenvalue weighted by atomic mass is 9.98. The van der Waals surface area contributed by atoms with Gasteiger partial charge in [0.25, 0.3) is 0 Å². The zero-order valence-electron chi connectivity index (χ0n) is 10.1. The standard InChI is InChI=1S/C11H18IN3O2/c1-3-5-13-11(2,10(16)17)4-6-15-8-9(12)7-14-15/h7-8,13H,3-6H2,1-2H3,(H,16,17). The molecule has 0 amide bonds. The first-order valence-corrected chi connectivity index (χ1v) is 6.72. The maximum absolute atomic E-state index is 11.3. The summed E-state index contributed by atoms with van der Waals surface area (Å²) in [6.45, 7) is 5.05. The Kier molecular flexibility index (Phi) is 5.38. The first-order valence-electron chi connectivity index (χ1n) is 5.64. The molecule has 0 saturated heterocycles. The van der Waals surface area contributed by atoms with Crippen LogP contribution in [-0.2, 0) is 11.3 Å². The molecule has 0 bridgehead atoms. The number of carboxylic acids is 1. The van der Waals surface area contributed by atoms with Crippen molar-refractivity contribution in [2.75, 3.05) is 6.54 Å². The SMILES string of the molecule is CCCNC(C)(CCn1cc(I)cn1)C(=O)O. The fraction of sp³-hybridized carbons (Fsp3) is 0.636. The summed E-state index contributed by atoms with van der Waals surface area (Å²) in [6.07, 6.45) is 5.10. The van der Waals surface area contributed by atoms with Gasteiger partial charge in [-0.15, -0.1) is 0 Å². The summed E-state index contributed by atoms with van der Waals surface area (Å²) in [5.74, 6) is -0.812. The molecule has 0 aromatic carbocycles. The van der Waals surface area contributed by atoms with Gasteiger partial charge in [-0.25, -0.2) is 0 Å². The largest absolute Gasteiger partial charge is 0.480 e. The van der Waals surface area contributed by atoms with E-state index < -0.39 is 11.5 Å². The van der Waals surface area contributed by atoms with E-state index in [1.807, 2.05) is 13.1 Å². The summed E-state index contributed by atoms with van der Waals surface area (Å²) in [4.78, 5) is 11.3. The van der Waals surface area contributed by atoms with Gasteiger partial charge in [0.05, 0.1) is 9.77 Å². The normalized spacial score (nSPS) is 14.5. The van der Waals surface area contributed by atoms with Gasteiger partial charge in [0.1, 0.15) is 5.54 Å². The second-order valence-corrected chi connectivity index (χ2v) is 5.48. The lowest BCUT2D eigenvalue weighted by Crippen LogP contribution is -2.50. The van der Waals surface area contributed by atoms with E-state index in [4.69, 9.17) is 0 Å². The first kappa shape index (κ1) is 14.4. The van der Waals surface area contributed by atoms with Crippen molar-refractivity contribution in [3.05, 3.63) is 16.0 Å². The molecule has 0 radical (unpaired) electrons. The molecule has 0 fully saturated rings. The number of aromatic nitrogens is 2. The molecule has 1 heterocycles. The van der Waals surface area contributed by atoms with E-state index in [-0.39, 0.29) is 0 Å². The maximum atomic E-state index is 11.3. The third kappa shape index (κ3) is 4.27. The minimum Gasteiger partial charge on any atom is -0.480 e. The molecule has 0 aliphatic rings. The van der Waals surface area contributed by atoms with Crippen LogP contribution in [-0.4, -0.2) is 32.9 Å². The summed E-state index contributed by atoms with van der Waals surface area (Å²) in [5.41, 5.74) is -0.882. The van der Waals surface area contributed by atoms with Crippen LogP contribution in [0.4, 0.5) is 0 Å². The van der Waals surface area contributed by atoms with Crippen molar-refractivity contribution < 1.29 is 9.90 Å². The average Bonchev–Trinajstić information content (AvgIpc) is 2.69. The van der Waals surface area contributed by atoms with Crippen molar-refractivity contribution >= 4 is 28.6 Å². The second kappa shape index (κ2) is 6.34. The van der Waals surface area contributed by atoms with Crippen molar-refractivity contribution in [3.63, 3.8) is 0 Å². The van der Waals surface area contributed by atoms with Crippen LogP contribution in [0, 0.1) is 3.57 Å². The molecule has 17 heavy (non-hydrogen) atoms. The Morgan fingerprint density at radius 1 is 1.71 bits per heavy atom. The van der Waals surface area contributed by atoms with Crippen molar-refractivity contribution in [1.29, 1.82) is 0 Å². The number of carboxylic acid groups (broad SMARTS) is 1. The van der Waals surface area contributed by atoms with E-state index in [0.717, 1.165) is 9.99 Å². The molecule has 1 unspecified atom stereocenters. The van der Waals surface area contributed by atoms with Crippen LogP contribution in [0.15, 0.2) is 12.4 Å². The van der Waals surface area contributed by atoms with Gasteiger partial charge < -0.3 is 10.4 Å². The predicted molar refractivity (Wildman–Crippen MR) is 73.9 cm³/mol.